The molecule has 2 heterocycles. The standard InChI is InChI=1S/C22H24N2O/c1-15-6-5-9-20(16(15)2)18-10-11-22-23-13-19(24(22)14-18)12-21(25)17-7-3-4-8-17/h5-6,9-11,13-14,17H,3-4,7-8,12H2,1-2H3. The van der Waals surface area contributed by atoms with Crippen molar-refractivity contribution < 1.29 is 4.79 Å². The maximum atomic E-state index is 12.6. The third kappa shape index (κ3) is 2.99. The number of rotatable bonds is 4. The van der Waals surface area contributed by atoms with Gasteiger partial charge in [-0.1, -0.05) is 31.0 Å². The van der Waals surface area contributed by atoms with Gasteiger partial charge in [0.1, 0.15) is 11.4 Å². The zero-order valence-electron chi connectivity index (χ0n) is 15.0. The first kappa shape index (κ1) is 16.1. The van der Waals surface area contributed by atoms with Crippen molar-refractivity contribution in [3.8, 4) is 11.1 Å². The SMILES string of the molecule is Cc1cccc(-c2ccc3ncc(CC(=O)C4CCCC4)n3c2)c1C. The normalized spacial score (nSPS) is 15.1. The van der Waals surface area contributed by atoms with E-state index >= 15 is 0 Å². The number of ketones is 1. The molecule has 0 spiro atoms. The van der Waals surface area contributed by atoms with E-state index in [0.717, 1.165) is 24.2 Å². The van der Waals surface area contributed by atoms with Crippen molar-refractivity contribution in [2.24, 2.45) is 5.92 Å². The van der Waals surface area contributed by atoms with Crippen LogP contribution in [0.3, 0.4) is 0 Å². The van der Waals surface area contributed by atoms with Gasteiger partial charge in [-0.3, -0.25) is 4.79 Å². The quantitative estimate of drug-likeness (QED) is 0.679. The van der Waals surface area contributed by atoms with Gasteiger partial charge in [-0.25, -0.2) is 4.98 Å². The average molecular weight is 332 g/mol. The second kappa shape index (κ2) is 6.47. The van der Waals surface area contributed by atoms with Crippen LogP contribution in [0.5, 0.6) is 0 Å². The van der Waals surface area contributed by atoms with Crippen LogP contribution >= 0.6 is 0 Å². The lowest BCUT2D eigenvalue weighted by Crippen LogP contribution is -2.14. The summed E-state index contributed by atoms with van der Waals surface area (Å²) in [5.74, 6) is 0.629. The lowest BCUT2D eigenvalue weighted by Gasteiger charge is -2.11. The van der Waals surface area contributed by atoms with E-state index in [9.17, 15) is 4.79 Å². The molecule has 0 atom stereocenters. The van der Waals surface area contributed by atoms with Crippen LogP contribution in [0.2, 0.25) is 0 Å². The van der Waals surface area contributed by atoms with E-state index in [1.54, 1.807) is 0 Å². The van der Waals surface area contributed by atoms with Gasteiger partial charge in [0.05, 0.1) is 0 Å². The van der Waals surface area contributed by atoms with Crippen LogP contribution in [0.25, 0.3) is 16.8 Å². The van der Waals surface area contributed by atoms with E-state index in [-0.39, 0.29) is 5.92 Å². The van der Waals surface area contributed by atoms with Gasteiger partial charge in [-0.05, 0) is 61.1 Å². The molecule has 1 aliphatic carbocycles. The largest absolute Gasteiger partial charge is 0.303 e. The zero-order valence-corrected chi connectivity index (χ0v) is 15.0. The highest BCUT2D eigenvalue weighted by Gasteiger charge is 2.23. The van der Waals surface area contributed by atoms with E-state index in [1.165, 1.54) is 35.1 Å². The van der Waals surface area contributed by atoms with Crippen LogP contribution in [-0.4, -0.2) is 15.2 Å². The van der Waals surface area contributed by atoms with E-state index in [4.69, 9.17) is 0 Å². The Bertz CT molecular complexity index is 932. The van der Waals surface area contributed by atoms with Gasteiger partial charge in [-0.15, -0.1) is 0 Å². The smallest absolute Gasteiger partial charge is 0.141 e. The minimum Gasteiger partial charge on any atom is -0.303 e. The van der Waals surface area contributed by atoms with Crippen molar-refractivity contribution >= 4 is 11.4 Å². The Morgan fingerprint density at radius 3 is 2.76 bits per heavy atom. The van der Waals surface area contributed by atoms with Crippen molar-refractivity contribution in [3.63, 3.8) is 0 Å². The third-order valence-corrected chi connectivity index (χ3v) is 5.66. The number of pyridine rings is 1. The number of aryl methyl sites for hydroxylation is 1. The number of carbonyl (C=O) groups is 1. The highest BCUT2D eigenvalue weighted by molar-refractivity contribution is 5.83. The number of hydrogen-bond acceptors (Lipinski definition) is 2. The molecule has 128 valence electrons. The van der Waals surface area contributed by atoms with Crippen LogP contribution in [-0.2, 0) is 11.2 Å². The minimum absolute atomic E-state index is 0.257. The zero-order chi connectivity index (χ0) is 17.4. The summed E-state index contributed by atoms with van der Waals surface area (Å²) < 4.78 is 2.09. The number of carbonyl (C=O) groups excluding carboxylic acids is 1. The fourth-order valence-electron chi connectivity index (χ4n) is 3.96. The molecule has 25 heavy (non-hydrogen) atoms. The van der Waals surface area contributed by atoms with Crippen LogP contribution in [0.4, 0.5) is 0 Å². The number of benzene rings is 1. The van der Waals surface area contributed by atoms with Crippen LogP contribution < -0.4 is 0 Å². The summed E-state index contributed by atoms with van der Waals surface area (Å²) in [6, 6.07) is 10.6. The maximum Gasteiger partial charge on any atom is 0.141 e. The fourth-order valence-corrected chi connectivity index (χ4v) is 3.96. The summed E-state index contributed by atoms with van der Waals surface area (Å²) in [7, 11) is 0. The molecule has 4 rings (SSSR count). The Labute approximate surface area is 148 Å². The van der Waals surface area contributed by atoms with Gasteiger partial charge < -0.3 is 4.40 Å². The molecule has 1 aromatic carbocycles. The Morgan fingerprint density at radius 1 is 1.16 bits per heavy atom. The van der Waals surface area contributed by atoms with Gasteiger partial charge in [0, 0.05) is 30.4 Å². The van der Waals surface area contributed by atoms with Gasteiger partial charge >= 0.3 is 0 Å². The highest BCUT2D eigenvalue weighted by atomic mass is 16.1. The average Bonchev–Trinajstić information content (AvgIpc) is 3.27. The van der Waals surface area contributed by atoms with Crippen molar-refractivity contribution in [1.82, 2.24) is 9.38 Å². The molecule has 1 fully saturated rings. The first-order chi connectivity index (χ1) is 12.1. The van der Waals surface area contributed by atoms with E-state index in [2.05, 4.69) is 53.7 Å². The predicted molar refractivity (Wildman–Crippen MR) is 101 cm³/mol. The number of Topliss-reactive ketones (excluding diaryl/α,β-unsaturated/α-hetero) is 1. The molecule has 3 aromatic rings. The molecule has 0 radical (unpaired) electrons. The molecule has 2 aromatic heterocycles. The molecule has 0 saturated heterocycles. The molecule has 3 heteroatoms. The number of imidazole rings is 1. The van der Waals surface area contributed by atoms with Crippen molar-refractivity contribution in [3.05, 3.63) is 59.5 Å². The van der Waals surface area contributed by atoms with E-state index in [1.807, 2.05) is 12.3 Å². The fraction of sp³-hybridized carbons (Fsp3) is 0.364. The Hall–Kier alpha value is -2.42. The maximum absolute atomic E-state index is 12.6. The number of hydrogen-bond donors (Lipinski definition) is 0. The molecular weight excluding hydrogens is 308 g/mol. The topological polar surface area (TPSA) is 34.4 Å². The molecule has 0 N–H and O–H groups in total. The van der Waals surface area contributed by atoms with Crippen LogP contribution in [0.15, 0.2) is 42.7 Å². The van der Waals surface area contributed by atoms with Crippen molar-refractivity contribution in [1.29, 1.82) is 0 Å². The monoisotopic (exact) mass is 332 g/mol. The van der Waals surface area contributed by atoms with E-state index in [0.29, 0.717) is 12.2 Å². The lowest BCUT2D eigenvalue weighted by atomic mass is 9.98. The first-order valence-corrected chi connectivity index (χ1v) is 9.19. The van der Waals surface area contributed by atoms with E-state index < -0.39 is 0 Å². The van der Waals surface area contributed by atoms with Gasteiger partial charge in [-0.2, -0.15) is 0 Å². The third-order valence-electron chi connectivity index (χ3n) is 5.66. The molecule has 0 bridgehead atoms. The second-order valence-electron chi connectivity index (χ2n) is 7.27. The van der Waals surface area contributed by atoms with Crippen LogP contribution in [0, 0.1) is 19.8 Å². The molecular formula is C22H24N2O. The molecule has 1 saturated carbocycles. The molecule has 1 aliphatic rings. The summed E-state index contributed by atoms with van der Waals surface area (Å²) in [5.41, 5.74) is 6.90. The Morgan fingerprint density at radius 2 is 1.96 bits per heavy atom. The Balaban J connectivity index is 1.70. The minimum atomic E-state index is 0.257. The van der Waals surface area contributed by atoms with Gasteiger partial charge in [0.25, 0.3) is 0 Å². The Kier molecular flexibility index (Phi) is 4.16. The predicted octanol–water partition coefficient (Wildman–Crippen LogP) is 4.92. The molecule has 0 amide bonds. The molecule has 3 nitrogen and oxygen atoms in total. The summed E-state index contributed by atoms with van der Waals surface area (Å²) in [6.07, 6.45) is 8.98. The summed E-state index contributed by atoms with van der Waals surface area (Å²) in [4.78, 5) is 17.1. The lowest BCUT2D eigenvalue weighted by molar-refractivity contribution is -0.122. The van der Waals surface area contributed by atoms with Crippen LogP contribution in [0.1, 0.15) is 42.5 Å². The van der Waals surface area contributed by atoms with Crippen molar-refractivity contribution in [2.45, 2.75) is 46.0 Å². The summed E-state index contributed by atoms with van der Waals surface area (Å²) >= 11 is 0. The van der Waals surface area contributed by atoms with Gasteiger partial charge in [0.2, 0.25) is 0 Å². The molecule has 0 unspecified atom stereocenters. The summed E-state index contributed by atoms with van der Waals surface area (Å²) in [5, 5.41) is 0. The number of fused-ring (bicyclic) bond motifs is 1. The second-order valence-corrected chi connectivity index (χ2v) is 7.27. The highest BCUT2D eigenvalue weighted by Crippen LogP contribution is 2.28. The van der Waals surface area contributed by atoms with Crippen molar-refractivity contribution in [2.75, 3.05) is 0 Å². The number of aromatic nitrogens is 2. The molecule has 0 aliphatic heterocycles. The first-order valence-electron chi connectivity index (χ1n) is 9.19. The van der Waals surface area contributed by atoms with Gasteiger partial charge in [0.15, 0.2) is 0 Å². The summed E-state index contributed by atoms with van der Waals surface area (Å²) in [6.45, 7) is 4.30. The number of nitrogens with zero attached hydrogens (tertiary/aromatic N) is 2.